The van der Waals surface area contributed by atoms with Crippen molar-refractivity contribution in [1.29, 1.82) is 0 Å². The minimum Gasteiger partial charge on any atom is -0.493 e. The fraction of sp³-hybridized carbons (Fsp3) is 0.250. The molecule has 144 valence electrons. The molecular formula is C24H26N2O2. The van der Waals surface area contributed by atoms with Crippen LogP contribution in [-0.2, 0) is 6.54 Å². The molecule has 3 aromatic rings. The SMILES string of the molecule is Cc1cc(C)c(CNC(=O)c2ccc([C@@H](C)c3ccccc3)cc2C)c(O)n1. The van der Waals surface area contributed by atoms with Crippen molar-refractivity contribution >= 4 is 5.91 Å². The van der Waals surface area contributed by atoms with E-state index in [4.69, 9.17) is 0 Å². The van der Waals surface area contributed by atoms with Crippen LogP contribution in [0.5, 0.6) is 5.88 Å². The Labute approximate surface area is 166 Å². The molecule has 4 heteroatoms. The van der Waals surface area contributed by atoms with Crippen LogP contribution in [0.3, 0.4) is 0 Å². The average molecular weight is 374 g/mol. The van der Waals surface area contributed by atoms with E-state index in [1.54, 1.807) is 0 Å². The molecule has 0 aliphatic rings. The molecule has 0 aliphatic heterocycles. The molecule has 0 fully saturated rings. The number of nitrogens with zero attached hydrogens (tertiary/aromatic N) is 1. The van der Waals surface area contributed by atoms with Crippen LogP contribution in [0.2, 0.25) is 0 Å². The normalized spacial score (nSPS) is 11.9. The molecule has 0 bridgehead atoms. The Bertz CT molecular complexity index is 974. The molecule has 3 rings (SSSR count). The summed E-state index contributed by atoms with van der Waals surface area (Å²) in [6.45, 7) is 8.09. The lowest BCUT2D eigenvalue weighted by Crippen LogP contribution is -2.24. The molecule has 0 spiro atoms. The summed E-state index contributed by atoms with van der Waals surface area (Å²) >= 11 is 0. The van der Waals surface area contributed by atoms with Crippen LogP contribution in [0, 0.1) is 20.8 Å². The largest absolute Gasteiger partial charge is 0.493 e. The van der Waals surface area contributed by atoms with Gasteiger partial charge in [0.05, 0.1) is 0 Å². The number of rotatable bonds is 5. The third kappa shape index (κ3) is 4.22. The molecule has 1 heterocycles. The van der Waals surface area contributed by atoms with Crippen LogP contribution in [-0.4, -0.2) is 16.0 Å². The first-order chi connectivity index (χ1) is 13.4. The standard InChI is InChI=1S/C24H26N2O2/c1-15-12-17(3)26-24(28)22(15)14-25-23(27)21-11-10-20(13-16(21)2)18(4)19-8-6-5-7-9-19/h5-13,18H,14H2,1-4H3,(H,25,27)(H,26,28)/t18-/m0/s1. The fourth-order valence-corrected chi connectivity index (χ4v) is 3.47. The van der Waals surface area contributed by atoms with Crippen LogP contribution < -0.4 is 5.32 Å². The van der Waals surface area contributed by atoms with E-state index in [0.717, 1.165) is 16.8 Å². The Hall–Kier alpha value is -3.14. The molecule has 0 saturated heterocycles. The number of carbonyl (C=O) groups is 1. The van der Waals surface area contributed by atoms with Crippen LogP contribution >= 0.6 is 0 Å². The van der Waals surface area contributed by atoms with Crippen LogP contribution in [0.25, 0.3) is 0 Å². The van der Waals surface area contributed by atoms with Gasteiger partial charge in [0.1, 0.15) is 0 Å². The molecule has 1 aromatic heterocycles. The quantitative estimate of drug-likeness (QED) is 0.675. The van der Waals surface area contributed by atoms with Gasteiger partial charge in [0, 0.05) is 29.3 Å². The van der Waals surface area contributed by atoms with Gasteiger partial charge in [-0.05, 0) is 55.2 Å². The number of pyridine rings is 1. The summed E-state index contributed by atoms with van der Waals surface area (Å²) in [6, 6.07) is 18.2. The predicted molar refractivity (Wildman–Crippen MR) is 112 cm³/mol. The van der Waals surface area contributed by atoms with Crippen LogP contribution in [0.1, 0.15) is 56.7 Å². The van der Waals surface area contributed by atoms with Crippen LogP contribution in [0.4, 0.5) is 0 Å². The lowest BCUT2D eigenvalue weighted by molar-refractivity contribution is 0.0950. The zero-order valence-electron chi connectivity index (χ0n) is 16.8. The topological polar surface area (TPSA) is 62.2 Å². The van der Waals surface area contributed by atoms with Gasteiger partial charge >= 0.3 is 0 Å². The Balaban J connectivity index is 1.74. The minimum absolute atomic E-state index is 0.0263. The number of aromatic hydroxyl groups is 1. The molecule has 1 atom stereocenters. The Kier molecular flexibility index (Phi) is 5.78. The van der Waals surface area contributed by atoms with Crippen molar-refractivity contribution in [3.63, 3.8) is 0 Å². The first-order valence-corrected chi connectivity index (χ1v) is 9.46. The maximum Gasteiger partial charge on any atom is 0.251 e. The van der Waals surface area contributed by atoms with E-state index < -0.39 is 0 Å². The lowest BCUT2D eigenvalue weighted by Gasteiger charge is -2.15. The maximum atomic E-state index is 12.7. The number of hydrogen-bond acceptors (Lipinski definition) is 3. The number of carbonyl (C=O) groups excluding carboxylic acids is 1. The van der Waals surface area contributed by atoms with Gasteiger partial charge in [0.2, 0.25) is 5.88 Å². The fourth-order valence-electron chi connectivity index (χ4n) is 3.47. The summed E-state index contributed by atoms with van der Waals surface area (Å²) in [5.74, 6) is 0.0765. The van der Waals surface area contributed by atoms with Crippen molar-refractivity contribution in [2.45, 2.75) is 40.2 Å². The van der Waals surface area contributed by atoms with E-state index >= 15 is 0 Å². The molecule has 2 N–H and O–H groups in total. The van der Waals surface area contributed by atoms with Gasteiger partial charge in [-0.15, -0.1) is 0 Å². The second kappa shape index (κ2) is 8.26. The summed E-state index contributed by atoms with van der Waals surface area (Å²) in [5, 5.41) is 13.0. The van der Waals surface area contributed by atoms with Crippen molar-refractivity contribution in [2.75, 3.05) is 0 Å². The number of hydrogen-bond donors (Lipinski definition) is 2. The van der Waals surface area contributed by atoms with E-state index in [9.17, 15) is 9.90 Å². The van der Waals surface area contributed by atoms with Gasteiger partial charge in [0.15, 0.2) is 0 Å². The number of aromatic nitrogens is 1. The predicted octanol–water partition coefficient (Wildman–Crippen LogP) is 4.79. The van der Waals surface area contributed by atoms with Gasteiger partial charge in [0.25, 0.3) is 5.91 Å². The Morgan fingerprint density at radius 1 is 1.00 bits per heavy atom. The van der Waals surface area contributed by atoms with Crippen molar-refractivity contribution in [2.24, 2.45) is 0 Å². The summed E-state index contributed by atoms with van der Waals surface area (Å²) in [6.07, 6.45) is 0. The highest BCUT2D eigenvalue weighted by molar-refractivity contribution is 5.95. The summed E-state index contributed by atoms with van der Waals surface area (Å²) < 4.78 is 0. The molecule has 0 unspecified atom stereocenters. The van der Waals surface area contributed by atoms with Gasteiger partial charge in [-0.3, -0.25) is 4.79 Å². The van der Waals surface area contributed by atoms with E-state index in [0.29, 0.717) is 11.1 Å². The molecule has 1 amide bonds. The number of benzene rings is 2. The van der Waals surface area contributed by atoms with Crippen molar-refractivity contribution < 1.29 is 9.90 Å². The average Bonchev–Trinajstić information content (AvgIpc) is 2.67. The maximum absolute atomic E-state index is 12.7. The Morgan fingerprint density at radius 3 is 2.36 bits per heavy atom. The zero-order valence-corrected chi connectivity index (χ0v) is 16.8. The second-order valence-corrected chi connectivity index (χ2v) is 7.27. The van der Waals surface area contributed by atoms with Gasteiger partial charge < -0.3 is 10.4 Å². The summed E-state index contributed by atoms with van der Waals surface area (Å²) in [5.41, 5.74) is 6.31. The van der Waals surface area contributed by atoms with E-state index in [2.05, 4.69) is 35.4 Å². The van der Waals surface area contributed by atoms with Crippen molar-refractivity contribution in [3.05, 3.63) is 93.7 Å². The van der Waals surface area contributed by atoms with Crippen LogP contribution in [0.15, 0.2) is 54.6 Å². The molecule has 28 heavy (non-hydrogen) atoms. The number of amides is 1. The molecule has 0 saturated carbocycles. The van der Waals surface area contributed by atoms with Crippen molar-refractivity contribution in [1.82, 2.24) is 10.3 Å². The lowest BCUT2D eigenvalue weighted by atomic mass is 9.91. The summed E-state index contributed by atoms with van der Waals surface area (Å²) in [7, 11) is 0. The third-order valence-corrected chi connectivity index (χ3v) is 5.17. The molecule has 0 aliphatic carbocycles. The first-order valence-electron chi connectivity index (χ1n) is 9.46. The molecule has 2 aromatic carbocycles. The van der Waals surface area contributed by atoms with E-state index in [1.165, 1.54) is 11.1 Å². The highest BCUT2D eigenvalue weighted by Crippen LogP contribution is 2.26. The minimum atomic E-state index is -0.157. The smallest absolute Gasteiger partial charge is 0.251 e. The van der Waals surface area contributed by atoms with Gasteiger partial charge in [-0.25, -0.2) is 4.98 Å². The highest BCUT2D eigenvalue weighted by atomic mass is 16.3. The Morgan fingerprint density at radius 2 is 1.71 bits per heavy atom. The molecule has 4 nitrogen and oxygen atoms in total. The van der Waals surface area contributed by atoms with Gasteiger partial charge in [-0.2, -0.15) is 0 Å². The molecule has 0 radical (unpaired) electrons. The van der Waals surface area contributed by atoms with Crippen molar-refractivity contribution in [3.8, 4) is 5.88 Å². The zero-order chi connectivity index (χ0) is 20.3. The number of aryl methyl sites for hydroxylation is 3. The second-order valence-electron chi connectivity index (χ2n) is 7.27. The van der Waals surface area contributed by atoms with E-state index in [1.807, 2.05) is 57.2 Å². The monoisotopic (exact) mass is 374 g/mol. The van der Waals surface area contributed by atoms with Gasteiger partial charge in [-0.1, -0.05) is 49.4 Å². The summed E-state index contributed by atoms with van der Waals surface area (Å²) in [4.78, 5) is 16.7. The third-order valence-electron chi connectivity index (χ3n) is 5.17. The highest BCUT2D eigenvalue weighted by Gasteiger charge is 2.15. The molecular weight excluding hydrogens is 348 g/mol. The van der Waals surface area contributed by atoms with E-state index in [-0.39, 0.29) is 24.2 Å². The number of nitrogens with one attached hydrogen (secondary N) is 1. The first kappa shape index (κ1) is 19.6.